The Hall–Kier alpha value is -2.13. The number of carbonyl (C=O) groups is 2. The molecule has 33 heavy (non-hydrogen) atoms. The van der Waals surface area contributed by atoms with Gasteiger partial charge in [0.2, 0.25) is 0 Å². The second kappa shape index (κ2) is 9.62. The van der Waals surface area contributed by atoms with Gasteiger partial charge in [-0.15, -0.1) is 5.54 Å². The number of aromatic nitrogens is 1. The Morgan fingerprint density at radius 2 is 2.09 bits per heavy atom. The molecule has 9 nitrogen and oxygen atoms in total. The van der Waals surface area contributed by atoms with Crippen molar-refractivity contribution >= 4 is 29.8 Å². The van der Waals surface area contributed by atoms with Gasteiger partial charge in [-0.2, -0.15) is 0 Å². The van der Waals surface area contributed by atoms with Gasteiger partial charge in [0.05, 0.1) is 6.54 Å². The predicted molar refractivity (Wildman–Crippen MR) is 127 cm³/mol. The molecule has 2 atom stereocenters. The number of fused-ring (bicyclic) bond motifs is 1. The highest BCUT2D eigenvalue weighted by Gasteiger charge is 2.45. The molecule has 3 rings (SSSR count). The second-order valence-corrected chi connectivity index (χ2v) is 17.1. The molecule has 1 unspecified atom stereocenters. The topological polar surface area (TPSA) is 107 Å². The zero-order chi connectivity index (χ0) is 24.4. The van der Waals surface area contributed by atoms with Crippen molar-refractivity contribution in [3.8, 4) is 11.5 Å². The van der Waals surface area contributed by atoms with Crippen LogP contribution in [0.4, 0.5) is 4.79 Å². The Labute approximate surface area is 196 Å². The Morgan fingerprint density at radius 3 is 2.67 bits per heavy atom. The molecule has 0 aliphatic carbocycles. The summed E-state index contributed by atoms with van der Waals surface area (Å²) in [5, 5.41) is 0. The fraction of sp³-hybridized carbons (Fsp3) is 0.636. The van der Waals surface area contributed by atoms with Gasteiger partial charge in [-0.3, -0.25) is 9.36 Å². The van der Waals surface area contributed by atoms with Gasteiger partial charge in [-0.1, -0.05) is 25.6 Å². The third-order valence-corrected chi connectivity index (χ3v) is 8.79. The highest BCUT2D eigenvalue weighted by Crippen LogP contribution is 2.26. The number of sulfone groups is 1. The molecule has 2 aliphatic rings. The van der Waals surface area contributed by atoms with Gasteiger partial charge in [-0.05, 0) is 32.3 Å². The molecule has 2 amide bonds. The molecule has 0 aromatic carbocycles. The normalized spacial score (nSPS) is 20.6. The van der Waals surface area contributed by atoms with Crippen LogP contribution in [0.25, 0.3) is 0 Å². The first-order chi connectivity index (χ1) is 15.3. The van der Waals surface area contributed by atoms with Crippen LogP contribution in [0, 0.1) is 11.5 Å². The van der Waals surface area contributed by atoms with Crippen LogP contribution < -0.4 is 5.48 Å². The Morgan fingerprint density at radius 1 is 1.36 bits per heavy atom. The van der Waals surface area contributed by atoms with Crippen LogP contribution in [0.3, 0.4) is 0 Å². The quantitative estimate of drug-likeness (QED) is 0.353. The van der Waals surface area contributed by atoms with E-state index in [1.54, 1.807) is 6.20 Å². The maximum absolute atomic E-state index is 12.8. The van der Waals surface area contributed by atoms with Crippen molar-refractivity contribution in [3.05, 3.63) is 23.5 Å². The van der Waals surface area contributed by atoms with E-state index in [9.17, 15) is 18.0 Å². The molecule has 1 N–H and O–H groups in total. The summed E-state index contributed by atoms with van der Waals surface area (Å²) in [6.45, 7) is 8.78. The summed E-state index contributed by atoms with van der Waals surface area (Å²) in [4.78, 5) is 32.5. The highest BCUT2D eigenvalue weighted by atomic mass is 32.2. The number of hydroxylamine groups is 1. The average Bonchev–Trinajstić information content (AvgIpc) is 3.26. The zero-order valence-electron chi connectivity index (χ0n) is 19.9. The maximum Gasteiger partial charge on any atom is 0.328 e. The van der Waals surface area contributed by atoms with Crippen molar-refractivity contribution in [2.45, 2.75) is 69.8 Å². The van der Waals surface area contributed by atoms with Crippen LogP contribution in [0.5, 0.6) is 0 Å². The first kappa shape index (κ1) is 25.5. The summed E-state index contributed by atoms with van der Waals surface area (Å²) in [5.41, 5.74) is 7.14. The lowest BCUT2D eigenvalue weighted by Crippen LogP contribution is -2.52. The lowest BCUT2D eigenvalue weighted by Gasteiger charge is -2.29. The number of nitrogens with zero attached hydrogens (tertiary/aromatic N) is 2. The van der Waals surface area contributed by atoms with E-state index in [0.717, 1.165) is 30.4 Å². The smallest absolute Gasteiger partial charge is 0.328 e. The third-order valence-electron chi connectivity index (χ3n) is 5.89. The molecule has 0 spiro atoms. The van der Waals surface area contributed by atoms with E-state index in [1.807, 2.05) is 6.07 Å². The van der Waals surface area contributed by atoms with Gasteiger partial charge in [0.1, 0.15) is 8.07 Å². The molecule has 1 saturated heterocycles. The Bertz CT molecular complexity index is 1080. The predicted octanol–water partition coefficient (Wildman–Crippen LogP) is 2.27. The molecule has 1 aromatic rings. The molecule has 1 fully saturated rings. The van der Waals surface area contributed by atoms with E-state index in [2.05, 4.69) is 36.6 Å². The van der Waals surface area contributed by atoms with E-state index >= 15 is 0 Å². The minimum atomic E-state index is -3.80. The number of rotatable bonds is 7. The Kier molecular flexibility index (Phi) is 7.43. The monoisotopic (exact) mass is 495 g/mol. The summed E-state index contributed by atoms with van der Waals surface area (Å²) in [7, 11) is -5.33. The van der Waals surface area contributed by atoms with E-state index in [-0.39, 0.29) is 19.0 Å². The molecule has 0 bridgehead atoms. The van der Waals surface area contributed by atoms with Crippen molar-refractivity contribution in [1.82, 2.24) is 14.9 Å². The first-order valence-electron chi connectivity index (χ1n) is 11.1. The molecule has 0 saturated carbocycles. The average molecular weight is 496 g/mol. The van der Waals surface area contributed by atoms with Crippen LogP contribution in [-0.2, 0) is 30.8 Å². The zero-order valence-corrected chi connectivity index (χ0v) is 21.8. The fourth-order valence-corrected chi connectivity index (χ4v) is 4.93. The summed E-state index contributed by atoms with van der Waals surface area (Å²) in [5.74, 6) is 2.38. The molecule has 0 radical (unpaired) electrons. The SMILES string of the molecule is C[C@@](CCN1Cc2cc(C#C[Si](C)(C)C)cn2C1=O)(C(=O)NOC1CCCCO1)S(C)(=O)=O. The number of hydrogen-bond donors (Lipinski definition) is 1. The van der Waals surface area contributed by atoms with Gasteiger partial charge < -0.3 is 9.64 Å². The molecule has 11 heteroatoms. The van der Waals surface area contributed by atoms with Gasteiger partial charge in [0.15, 0.2) is 20.9 Å². The van der Waals surface area contributed by atoms with Crippen LogP contribution in [-0.4, -0.2) is 68.3 Å². The second-order valence-electron chi connectivity index (χ2n) is 9.89. The van der Waals surface area contributed by atoms with Gasteiger partial charge in [0, 0.05) is 43.3 Å². The van der Waals surface area contributed by atoms with Crippen molar-refractivity contribution in [1.29, 1.82) is 0 Å². The first-order valence-corrected chi connectivity index (χ1v) is 16.5. The largest absolute Gasteiger partial charge is 0.350 e. The molecule has 3 heterocycles. The van der Waals surface area contributed by atoms with Crippen LogP contribution in [0.1, 0.15) is 43.9 Å². The van der Waals surface area contributed by atoms with Gasteiger partial charge in [-0.25, -0.2) is 23.5 Å². The summed E-state index contributed by atoms with van der Waals surface area (Å²) >= 11 is 0. The summed E-state index contributed by atoms with van der Waals surface area (Å²) in [6, 6.07) is 1.63. The van der Waals surface area contributed by atoms with Crippen molar-refractivity contribution in [3.63, 3.8) is 0 Å². The van der Waals surface area contributed by atoms with Crippen LogP contribution in [0.15, 0.2) is 12.3 Å². The van der Waals surface area contributed by atoms with E-state index in [4.69, 9.17) is 9.57 Å². The summed E-state index contributed by atoms with van der Waals surface area (Å²) < 4.78 is 30.2. The standard InChI is InChI=1S/C22H33N3O6SSi/c1-22(32(2,28)29,20(26)23-31-19-8-6-7-12-30-19)10-11-24-16-18-14-17(9-13-33(3,4)5)15-25(18)21(24)27/h14-15,19H,6-8,10-12,16H2,1-5H3,(H,23,26)/t19?,22-/m1/s1. The van der Waals surface area contributed by atoms with Crippen molar-refractivity contribution in [2.24, 2.45) is 0 Å². The third kappa shape index (κ3) is 6.06. The minimum absolute atomic E-state index is 0.0641. The maximum atomic E-state index is 12.8. The van der Waals surface area contributed by atoms with E-state index < -0.39 is 34.9 Å². The van der Waals surface area contributed by atoms with Crippen molar-refractivity contribution < 1.29 is 27.6 Å². The van der Waals surface area contributed by atoms with Crippen molar-refractivity contribution in [2.75, 3.05) is 19.4 Å². The van der Waals surface area contributed by atoms with Crippen LogP contribution in [0.2, 0.25) is 19.6 Å². The number of hydrogen-bond acceptors (Lipinski definition) is 6. The number of ether oxygens (including phenoxy) is 1. The fourth-order valence-electron chi connectivity index (χ4n) is 3.57. The van der Waals surface area contributed by atoms with E-state index in [0.29, 0.717) is 19.6 Å². The summed E-state index contributed by atoms with van der Waals surface area (Å²) in [6.07, 6.45) is 4.54. The number of amides is 2. The molecule has 2 aliphatic heterocycles. The number of carbonyl (C=O) groups excluding carboxylic acids is 2. The van der Waals surface area contributed by atoms with Gasteiger partial charge in [0.25, 0.3) is 5.91 Å². The number of nitrogens with one attached hydrogen (secondary N) is 1. The highest BCUT2D eigenvalue weighted by molar-refractivity contribution is 7.92. The minimum Gasteiger partial charge on any atom is -0.350 e. The Balaban J connectivity index is 1.64. The molecular formula is C22H33N3O6SSi. The van der Waals surface area contributed by atoms with Crippen LogP contribution >= 0.6 is 0 Å². The van der Waals surface area contributed by atoms with Gasteiger partial charge >= 0.3 is 6.03 Å². The molecular weight excluding hydrogens is 462 g/mol. The lowest BCUT2D eigenvalue weighted by atomic mass is 10.1. The molecule has 1 aromatic heterocycles. The lowest BCUT2D eigenvalue weighted by molar-refractivity contribution is -0.201. The molecule has 182 valence electrons. The van der Waals surface area contributed by atoms with E-state index in [1.165, 1.54) is 16.4 Å².